The Morgan fingerprint density at radius 3 is 2.57 bits per heavy atom. The van der Waals surface area contributed by atoms with Crippen molar-refractivity contribution in [1.82, 2.24) is 0 Å². The van der Waals surface area contributed by atoms with E-state index in [1.54, 1.807) is 12.1 Å². The van der Waals surface area contributed by atoms with Gasteiger partial charge in [0.2, 0.25) is 5.91 Å². The van der Waals surface area contributed by atoms with Crippen molar-refractivity contribution in [2.75, 3.05) is 12.4 Å². The van der Waals surface area contributed by atoms with Crippen molar-refractivity contribution >= 4 is 34.2 Å². The maximum atomic E-state index is 13.5. The van der Waals surface area contributed by atoms with Crippen LogP contribution in [-0.2, 0) is 11.2 Å². The van der Waals surface area contributed by atoms with Crippen molar-refractivity contribution in [3.05, 3.63) is 57.4 Å². The van der Waals surface area contributed by atoms with Gasteiger partial charge in [0.15, 0.2) is 11.6 Å². The van der Waals surface area contributed by atoms with E-state index in [4.69, 9.17) is 4.74 Å². The van der Waals surface area contributed by atoms with Gasteiger partial charge in [-0.2, -0.15) is 0 Å². The molecule has 2 rings (SSSR count). The number of rotatable bonds is 5. The van der Waals surface area contributed by atoms with Gasteiger partial charge in [0.1, 0.15) is 0 Å². The molecule has 0 saturated carbocycles. The first-order valence-electron chi connectivity index (χ1n) is 6.46. The number of carbonyl (C=O) groups excluding carboxylic acids is 1. The molecule has 0 heterocycles. The fourth-order valence-electron chi connectivity index (χ4n) is 1.88. The quantitative estimate of drug-likeness (QED) is 0.772. The molecule has 0 spiro atoms. The Morgan fingerprint density at radius 1 is 1.24 bits per heavy atom. The van der Waals surface area contributed by atoms with E-state index in [2.05, 4.69) is 27.9 Å². The molecule has 5 heteroatoms. The molecule has 0 atom stereocenters. The number of hydrogen-bond donors (Lipinski definition) is 1. The van der Waals surface area contributed by atoms with E-state index in [0.717, 1.165) is 14.8 Å². The first kappa shape index (κ1) is 15.8. The van der Waals surface area contributed by atoms with Gasteiger partial charge in [-0.1, -0.05) is 6.07 Å². The molecule has 110 valence electrons. The molecular formula is C16H15FINO2. The molecule has 0 unspecified atom stereocenters. The van der Waals surface area contributed by atoms with E-state index in [0.29, 0.717) is 12.8 Å². The highest BCUT2D eigenvalue weighted by molar-refractivity contribution is 14.1. The Balaban J connectivity index is 1.89. The van der Waals surface area contributed by atoms with Crippen LogP contribution in [0.25, 0.3) is 0 Å². The molecule has 3 nitrogen and oxygen atoms in total. The van der Waals surface area contributed by atoms with Crippen molar-refractivity contribution < 1.29 is 13.9 Å². The zero-order valence-electron chi connectivity index (χ0n) is 11.5. The molecule has 2 aromatic rings. The molecule has 0 radical (unpaired) electrons. The maximum Gasteiger partial charge on any atom is 0.224 e. The molecule has 1 N–H and O–H groups in total. The molecule has 0 saturated heterocycles. The minimum Gasteiger partial charge on any atom is -0.494 e. The predicted molar refractivity (Wildman–Crippen MR) is 89.1 cm³/mol. The summed E-state index contributed by atoms with van der Waals surface area (Å²) in [5.74, 6) is -0.289. The average molecular weight is 399 g/mol. The van der Waals surface area contributed by atoms with Gasteiger partial charge in [0, 0.05) is 15.7 Å². The van der Waals surface area contributed by atoms with Crippen LogP contribution in [-0.4, -0.2) is 13.0 Å². The van der Waals surface area contributed by atoms with E-state index in [1.165, 1.54) is 13.2 Å². The van der Waals surface area contributed by atoms with Gasteiger partial charge < -0.3 is 10.1 Å². The van der Waals surface area contributed by atoms with E-state index < -0.39 is 5.82 Å². The van der Waals surface area contributed by atoms with Crippen LogP contribution in [0, 0.1) is 9.39 Å². The lowest BCUT2D eigenvalue weighted by atomic mass is 10.1. The fraction of sp³-hybridized carbons (Fsp3) is 0.188. The van der Waals surface area contributed by atoms with Crippen LogP contribution in [0.4, 0.5) is 10.1 Å². The van der Waals surface area contributed by atoms with Crippen molar-refractivity contribution in [3.63, 3.8) is 0 Å². The SMILES string of the molecule is COc1ccc(CCC(=O)Nc2ccc(I)cc2)cc1F. The highest BCUT2D eigenvalue weighted by Gasteiger charge is 2.06. The Bertz CT molecular complexity index is 629. The number of hydrogen-bond acceptors (Lipinski definition) is 2. The molecule has 0 aliphatic heterocycles. The van der Waals surface area contributed by atoms with Gasteiger partial charge in [0.25, 0.3) is 0 Å². The summed E-state index contributed by atoms with van der Waals surface area (Å²) in [6.45, 7) is 0. The molecule has 0 aromatic heterocycles. The first-order valence-corrected chi connectivity index (χ1v) is 7.54. The first-order chi connectivity index (χ1) is 10.1. The largest absolute Gasteiger partial charge is 0.494 e. The molecule has 0 aliphatic rings. The molecule has 1 amide bonds. The Labute approximate surface area is 136 Å². The predicted octanol–water partition coefficient (Wildman–Crippen LogP) is 4.01. The zero-order valence-corrected chi connectivity index (χ0v) is 13.7. The van der Waals surface area contributed by atoms with Gasteiger partial charge in [0.05, 0.1) is 7.11 Å². The van der Waals surface area contributed by atoms with E-state index in [-0.39, 0.29) is 11.7 Å². The summed E-state index contributed by atoms with van der Waals surface area (Å²) in [5, 5.41) is 2.82. The van der Waals surface area contributed by atoms with Gasteiger partial charge in [-0.3, -0.25) is 4.79 Å². The van der Waals surface area contributed by atoms with E-state index >= 15 is 0 Å². The third-order valence-corrected chi connectivity index (χ3v) is 3.70. The van der Waals surface area contributed by atoms with Crippen LogP contribution in [0.2, 0.25) is 0 Å². The number of halogens is 2. The number of benzene rings is 2. The summed E-state index contributed by atoms with van der Waals surface area (Å²) >= 11 is 2.20. The molecular weight excluding hydrogens is 384 g/mol. The number of amides is 1. The molecule has 2 aromatic carbocycles. The second kappa shape index (κ2) is 7.40. The Kier molecular flexibility index (Phi) is 5.55. The van der Waals surface area contributed by atoms with Crippen molar-refractivity contribution in [1.29, 1.82) is 0 Å². The number of carbonyl (C=O) groups is 1. The second-order valence-electron chi connectivity index (χ2n) is 4.52. The monoisotopic (exact) mass is 399 g/mol. The summed E-state index contributed by atoms with van der Waals surface area (Å²) in [6.07, 6.45) is 0.787. The summed E-state index contributed by atoms with van der Waals surface area (Å²) < 4.78 is 19.5. The lowest BCUT2D eigenvalue weighted by molar-refractivity contribution is -0.116. The van der Waals surface area contributed by atoms with Crippen LogP contribution in [0.15, 0.2) is 42.5 Å². The standard InChI is InChI=1S/C16H15FINO2/c1-21-15-8-2-11(10-14(15)17)3-9-16(20)19-13-6-4-12(18)5-7-13/h2,4-8,10H,3,9H2,1H3,(H,19,20). The third kappa shape index (κ3) is 4.70. The number of nitrogens with one attached hydrogen (secondary N) is 1. The average Bonchev–Trinajstić information content (AvgIpc) is 2.48. The van der Waals surface area contributed by atoms with Crippen molar-refractivity contribution in [2.24, 2.45) is 0 Å². The number of aryl methyl sites for hydroxylation is 1. The number of ether oxygens (including phenoxy) is 1. The summed E-state index contributed by atoms with van der Waals surface area (Å²) in [4.78, 5) is 11.8. The highest BCUT2D eigenvalue weighted by atomic mass is 127. The third-order valence-electron chi connectivity index (χ3n) is 2.98. The lowest BCUT2D eigenvalue weighted by Gasteiger charge is -2.07. The molecule has 0 aliphatic carbocycles. The summed E-state index contributed by atoms with van der Waals surface area (Å²) in [5.41, 5.74) is 1.53. The van der Waals surface area contributed by atoms with Crippen molar-refractivity contribution in [2.45, 2.75) is 12.8 Å². The maximum absolute atomic E-state index is 13.5. The van der Waals surface area contributed by atoms with Crippen LogP contribution in [0.5, 0.6) is 5.75 Å². The van der Waals surface area contributed by atoms with E-state index in [9.17, 15) is 9.18 Å². The zero-order chi connectivity index (χ0) is 15.2. The van der Waals surface area contributed by atoms with Gasteiger partial charge >= 0.3 is 0 Å². The topological polar surface area (TPSA) is 38.3 Å². The fourth-order valence-corrected chi connectivity index (χ4v) is 2.24. The van der Waals surface area contributed by atoms with Gasteiger partial charge in [-0.15, -0.1) is 0 Å². The van der Waals surface area contributed by atoms with Crippen LogP contribution >= 0.6 is 22.6 Å². The van der Waals surface area contributed by atoms with Crippen LogP contribution in [0.1, 0.15) is 12.0 Å². The Hall–Kier alpha value is -1.63. The summed E-state index contributed by atoms with van der Waals surface area (Å²) in [6, 6.07) is 12.3. The molecule has 0 bridgehead atoms. The second-order valence-corrected chi connectivity index (χ2v) is 5.77. The molecule has 0 fully saturated rings. The van der Waals surface area contributed by atoms with Crippen LogP contribution in [0.3, 0.4) is 0 Å². The minimum atomic E-state index is -0.409. The normalized spacial score (nSPS) is 10.2. The Morgan fingerprint density at radius 2 is 1.95 bits per heavy atom. The van der Waals surface area contributed by atoms with Crippen LogP contribution < -0.4 is 10.1 Å². The van der Waals surface area contributed by atoms with Gasteiger partial charge in [-0.05, 0) is 71.0 Å². The number of anilines is 1. The summed E-state index contributed by atoms with van der Waals surface area (Å²) in [7, 11) is 1.42. The highest BCUT2D eigenvalue weighted by Crippen LogP contribution is 2.18. The van der Waals surface area contributed by atoms with Gasteiger partial charge in [-0.25, -0.2) is 4.39 Å². The minimum absolute atomic E-state index is 0.0903. The lowest BCUT2D eigenvalue weighted by Crippen LogP contribution is -2.12. The molecule has 21 heavy (non-hydrogen) atoms. The van der Waals surface area contributed by atoms with Crippen molar-refractivity contribution in [3.8, 4) is 5.75 Å². The smallest absolute Gasteiger partial charge is 0.224 e. The number of methoxy groups -OCH3 is 1. The van der Waals surface area contributed by atoms with E-state index in [1.807, 2.05) is 24.3 Å².